The van der Waals surface area contributed by atoms with Crippen molar-refractivity contribution >= 4 is 11.8 Å². The fourth-order valence-electron chi connectivity index (χ4n) is 2.38. The van der Waals surface area contributed by atoms with Crippen molar-refractivity contribution in [3.63, 3.8) is 0 Å². The first-order chi connectivity index (χ1) is 12.6. The second kappa shape index (κ2) is 7.98. The van der Waals surface area contributed by atoms with Crippen molar-refractivity contribution in [3.8, 4) is 0 Å². The first-order valence-corrected chi connectivity index (χ1v) is 7.99. The summed E-state index contributed by atoms with van der Waals surface area (Å²) in [6.07, 6.45) is 3.01. The molecule has 0 bridgehead atoms. The van der Waals surface area contributed by atoms with Gasteiger partial charge >= 0.3 is 0 Å². The molecular weight excluding hydrogens is 334 g/mol. The molecule has 0 aliphatic carbocycles. The second-order valence-corrected chi connectivity index (χ2v) is 5.56. The van der Waals surface area contributed by atoms with E-state index in [-0.39, 0.29) is 18.0 Å². The zero-order valence-corrected chi connectivity index (χ0v) is 13.8. The van der Waals surface area contributed by atoms with Crippen LogP contribution in [-0.2, 0) is 13.1 Å². The van der Waals surface area contributed by atoms with Crippen LogP contribution < -0.4 is 16.2 Å². The number of rotatable bonds is 6. The van der Waals surface area contributed by atoms with Crippen molar-refractivity contribution in [1.82, 2.24) is 15.6 Å². The van der Waals surface area contributed by atoms with E-state index in [1.54, 1.807) is 48.7 Å². The normalized spacial score (nSPS) is 10.3. The highest BCUT2D eigenvalue weighted by atomic mass is 16.3. The molecule has 3 rings (SSSR count). The van der Waals surface area contributed by atoms with Gasteiger partial charge in [-0.15, -0.1) is 0 Å². The topological polar surface area (TPSA) is 104 Å². The fourth-order valence-corrected chi connectivity index (χ4v) is 2.38. The van der Waals surface area contributed by atoms with Gasteiger partial charge < -0.3 is 20.0 Å². The Hall–Kier alpha value is -3.61. The van der Waals surface area contributed by atoms with Crippen LogP contribution in [0.25, 0.3) is 0 Å². The molecule has 0 radical (unpaired) electrons. The second-order valence-electron chi connectivity index (χ2n) is 5.56. The Bertz CT molecular complexity index is 961. The molecule has 2 heterocycles. The Kier molecular flexibility index (Phi) is 5.28. The van der Waals surface area contributed by atoms with Crippen LogP contribution in [-0.4, -0.2) is 16.8 Å². The Morgan fingerprint density at radius 2 is 1.81 bits per heavy atom. The molecule has 0 unspecified atom stereocenters. The molecule has 0 aliphatic heterocycles. The number of carbonyl (C=O) groups excluding carboxylic acids is 2. The highest BCUT2D eigenvalue weighted by Crippen LogP contribution is 2.07. The predicted molar refractivity (Wildman–Crippen MR) is 94.6 cm³/mol. The quantitative estimate of drug-likeness (QED) is 0.630. The van der Waals surface area contributed by atoms with Gasteiger partial charge in [0, 0.05) is 18.3 Å². The number of furan rings is 1. The van der Waals surface area contributed by atoms with Gasteiger partial charge in [0.2, 0.25) is 0 Å². The van der Waals surface area contributed by atoms with E-state index in [2.05, 4.69) is 15.6 Å². The van der Waals surface area contributed by atoms with Gasteiger partial charge in [0.15, 0.2) is 0 Å². The molecule has 0 saturated heterocycles. The van der Waals surface area contributed by atoms with Crippen LogP contribution in [0.4, 0.5) is 0 Å². The maximum atomic E-state index is 12.2. The number of aromatic nitrogens is 1. The molecule has 132 valence electrons. The summed E-state index contributed by atoms with van der Waals surface area (Å²) in [5.74, 6) is -0.0524. The lowest BCUT2D eigenvalue weighted by atomic mass is 10.1. The summed E-state index contributed by atoms with van der Waals surface area (Å²) < 4.78 is 5.17. The van der Waals surface area contributed by atoms with Gasteiger partial charge in [-0.3, -0.25) is 14.4 Å². The summed E-state index contributed by atoms with van der Waals surface area (Å²) in [6.45, 7) is 0.496. The lowest BCUT2D eigenvalue weighted by Gasteiger charge is -2.08. The molecule has 0 spiro atoms. The standard InChI is InChI=1S/C19H17N3O4/c23-17(22-12-15-6-3-9-26-15)14-5-1-4-13(10-14)11-21-19(25)16-7-2-8-20-18(16)24/h1-10H,11-12H2,(H,20,24)(H,21,25)(H,22,23). The first-order valence-electron chi connectivity index (χ1n) is 7.99. The van der Waals surface area contributed by atoms with Gasteiger partial charge in [0.25, 0.3) is 17.4 Å². The smallest absolute Gasteiger partial charge is 0.260 e. The van der Waals surface area contributed by atoms with Crippen LogP contribution in [0.2, 0.25) is 0 Å². The number of aromatic amines is 1. The SMILES string of the molecule is O=C(NCc1ccco1)c1cccc(CNC(=O)c2ccc[nH]c2=O)c1. The summed E-state index contributed by atoms with van der Waals surface area (Å²) in [6, 6.07) is 13.5. The molecular formula is C19H17N3O4. The molecule has 0 saturated carbocycles. The molecule has 7 nitrogen and oxygen atoms in total. The number of benzene rings is 1. The maximum Gasteiger partial charge on any atom is 0.260 e. The van der Waals surface area contributed by atoms with E-state index in [4.69, 9.17) is 4.42 Å². The zero-order valence-electron chi connectivity index (χ0n) is 13.8. The molecule has 0 fully saturated rings. The first kappa shape index (κ1) is 17.2. The Labute approximate surface area is 149 Å². The largest absolute Gasteiger partial charge is 0.467 e. The van der Waals surface area contributed by atoms with Gasteiger partial charge in [-0.2, -0.15) is 0 Å². The Balaban J connectivity index is 1.60. The van der Waals surface area contributed by atoms with Crippen molar-refractivity contribution in [2.45, 2.75) is 13.1 Å². The minimum absolute atomic E-state index is 0.0415. The molecule has 7 heteroatoms. The lowest BCUT2D eigenvalue weighted by Crippen LogP contribution is -2.29. The fraction of sp³-hybridized carbons (Fsp3) is 0.105. The summed E-state index contributed by atoms with van der Waals surface area (Å²) in [5, 5.41) is 5.43. The highest BCUT2D eigenvalue weighted by Gasteiger charge is 2.10. The van der Waals surface area contributed by atoms with Gasteiger partial charge in [0.1, 0.15) is 11.3 Å². The van der Waals surface area contributed by atoms with E-state index in [1.807, 2.05) is 0 Å². The molecule has 2 amide bonds. The van der Waals surface area contributed by atoms with Crippen LogP contribution in [0.3, 0.4) is 0 Å². The zero-order chi connectivity index (χ0) is 18.4. The van der Waals surface area contributed by atoms with Gasteiger partial charge in [0.05, 0.1) is 12.8 Å². The average molecular weight is 351 g/mol. The minimum Gasteiger partial charge on any atom is -0.467 e. The Morgan fingerprint density at radius 1 is 0.962 bits per heavy atom. The van der Waals surface area contributed by atoms with Crippen molar-refractivity contribution in [2.75, 3.05) is 0 Å². The maximum absolute atomic E-state index is 12.2. The number of hydrogen-bond donors (Lipinski definition) is 3. The summed E-state index contributed by atoms with van der Waals surface area (Å²) in [5.41, 5.74) is 0.813. The van der Waals surface area contributed by atoms with Crippen LogP contribution in [0.15, 0.2) is 70.2 Å². The summed E-state index contributed by atoms with van der Waals surface area (Å²) >= 11 is 0. The van der Waals surface area contributed by atoms with E-state index in [0.29, 0.717) is 17.9 Å². The predicted octanol–water partition coefficient (Wildman–Crippen LogP) is 1.83. The minimum atomic E-state index is -0.473. The molecule has 26 heavy (non-hydrogen) atoms. The van der Waals surface area contributed by atoms with Crippen molar-refractivity contribution in [3.05, 3.63) is 93.8 Å². The van der Waals surface area contributed by atoms with Crippen molar-refractivity contribution in [1.29, 1.82) is 0 Å². The Morgan fingerprint density at radius 3 is 2.58 bits per heavy atom. The average Bonchev–Trinajstić information content (AvgIpc) is 3.18. The van der Waals surface area contributed by atoms with Crippen LogP contribution in [0.5, 0.6) is 0 Å². The van der Waals surface area contributed by atoms with E-state index < -0.39 is 11.5 Å². The van der Waals surface area contributed by atoms with E-state index in [9.17, 15) is 14.4 Å². The summed E-state index contributed by atoms with van der Waals surface area (Å²) in [4.78, 5) is 38.3. The highest BCUT2D eigenvalue weighted by molar-refractivity contribution is 5.95. The van der Waals surface area contributed by atoms with Crippen LogP contribution >= 0.6 is 0 Å². The molecule has 3 N–H and O–H groups in total. The summed E-state index contributed by atoms with van der Waals surface area (Å²) in [7, 11) is 0. The number of nitrogens with one attached hydrogen (secondary N) is 3. The van der Waals surface area contributed by atoms with Crippen LogP contribution in [0, 0.1) is 0 Å². The molecule has 1 aromatic carbocycles. The van der Waals surface area contributed by atoms with Crippen molar-refractivity contribution < 1.29 is 14.0 Å². The van der Waals surface area contributed by atoms with Crippen LogP contribution in [0.1, 0.15) is 32.0 Å². The van der Waals surface area contributed by atoms with Gasteiger partial charge in [-0.1, -0.05) is 12.1 Å². The van der Waals surface area contributed by atoms with Gasteiger partial charge in [-0.05, 0) is 42.0 Å². The molecule has 0 atom stereocenters. The van der Waals surface area contributed by atoms with Gasteiger partial charge in [-0.25, -0.2) is 0 Å². The van der Waals surface area contributed by atoms with E-state index in [1.165, 1.54) is 12.3 Å². The molecule has 0 aliphatic rings. The third kappa shape index (κ3) is 4.27. The molecule has 3 aromatic rings. The van der Waals surface area contributed by atoms with E-state index in [0.717, 1.165) is 5.56 Å². The third-order valence-electron chi connectivity index (χ3n) is 3.71. The van der Waals surface area contributed by atoms with Crippen molar-refractivity contribution in [2.24, 2.45) is 0 Å². The van der Waals surface area contributed by atoms with E-state index >= 15 is 0 Å². The lowest BCUT2D eigenvalue weighted by molar-refractivity contribution is 0.0943. The number of H-pyrrole nitrogens is 1. The number of hydrogen-bond acceptors (Lipinski definition) is 4. The monoisotopic (exact) mass is 351 g/mol. The number of pyridine rings is 1. The third-order valence-corrected chi connectivity index (χ3v) is 3.71. The molecule has 2 aromatic heterocycles. The number of amides is 2. The number of carbonyl (C=O) groups is 2.